The first-order valence-electron chi connectivity index (χ1n) is 9.27. The van der Waals surface area contributed by atoms with Gasteiger partial charge in [0.1, 0.15) is 24.7 Å². The van der Waals surface area contributed by atoms with Crippen molar-refractivity contribution in [2.75, 3.05) is 13.7 Å². The summed E-state index contributed by atoms with van der Waals surface area (Å²) in [5, 5.41) is 9.30. The van der Waals surface area contributed by atoms with E-state index in [1.165, 1.54) is 6.92 Å². The molecular formula is C20H27NO5. The van der Waals surface area contributed by atoms with E-state index in [0.717, 1.165) is 31.2 Å². The summed E-state index contributed by atoms with van der Waals surface area (Å²) in [6.45, 7) is 1.21. The summed E-state index contributed by atoms with van der Waals surface area (Å²) in [6, 6.07) is 10.1. The van der Waals surface area contributed by atoms with Crippen LogP contribution in [0.3, 0.4) is 0 Å². The van der Waals surface area contributed by atoms with Crippen LogP contribution in [-0.2, 0) is 19.1 Å². The first kappa shape index (κ1) is 18.9. The van der Waals surface area contributed by atoms with E-state index >= 15 is 0 Å². The maximum Gasteiger partial charge on any atom is 0.334 e. The molecule has 6 nitrogen and oxygen atoms in total. The van der Waals surface area contributed by atoms with E-state index in [1.807, 2.05) is 30.3 Å². The van der Waals surface area contributed by atoms with E-state index in [9.17, 15) is 14.7 Å². The number of rotatable bonds is 6. The van der Waals surface area contributed by atoms with Crippen LogP contribution in [0.25, 0.3) is 0 Å². The molecule has 0 radical (unpaired) electrons. The Morgan fingerprint density at radius 3 is 2.35 bits per heavy atom. The fourth-order valence-electron chi connectivity index (χ4n) is 3.98. The van der Waals surface area contributed by atoms with Crippen LogP contribution in [0.15, 0.2) is 30.3 Å². The average molecular weight is 361 g/mol. The van der Waals surface area contributed by atoms with Crippen LogP contribution in [0.1, 0.15) is 44.1 Å². The third-order valence-electron chi connectivity index (χ3n) is 5.56. The van der Waals surface area contributed by atoms with Gasteiger partial charge in [-0.3, -0.25) is 4.79 Å². The first-order chi connectivity index (χ1) is 12.5. The zero-order chi connectivity index (χ0) is 18.7. The Morgan fingerprint density at radius 2 is 1.77 bits per heavy atom. The molecule has 2 unspecified atom stereocenters. The van der Waals surface area contributed by atoms with E-state index in [2.05, 4.69) is 11.9 Å². The minimum Gasteiger partial charge on any atom is -0.463 e. The summed E-state index contributed by atoms with van der Waals surface area (Å²) in [5.41, 5.74) is 0.742. The molecule has 2 saturated heterocycles. The lowest BCUT2D eigenvalue weighted by Crippen LogP contribution is -2.44. The quantitative estimate of drug-likeness (QED) is 0.780. The van der Waals surface area contributed by atoms with Crippen molar-refractivity contribution in [2.45, 2.75) is 62.8 Å². The van der Waals surface area contributed by atoms with Crippen molar-refractivity contribution in [3.63, 3.8) is 0 Å². The maximum atomic E-state index is 12.8. The molecule has 2 fully saturated rings. The number of fused-ring (bicyclic) bond motifs is 2. The molecule has 2 bridgehead atoms. The van der Waals surface area contributed by atoms with E-state index in [1.54, 1.807) is 0 Å². The normalized spacial score (nSPS) is 27.6. The minimum atomic E-state index is -1.22. The Hall–Kier alpha value is -1.92. The molecule has 2 aliphatic heterocycles. The number of aliphatic hydroxyl groups excluding tert-OH is 1. The van der Waals surface area contributed by atoms with Crippen LogP contribution in [0, 0.1) is 0 Å². The van der Waals surface area contributed by atoms with Gasteiger partial charge in [-0.1, -0.05) is 30.3 Å². The van der Waals surface area contributed by atoms with E-state index in [4.69, 9.17) is 9.47 Å². The van der Waals surface area contributed by atoms with Gasteiger partial charge in [-0.05, 0) is 45.2 Å². The zero-order valence-corrected chi connectivity index (χ0v) is 15.3. The minimum absolute atomic E-state index is 0.0881. The summed E-state index contributed by atoms with van der Waals surface area (Å²) in [6.07, 6.45) is 2.72. The molecule has 0 aliphatic carbocycles. The van der Waals surface area contributed by atoms with Gasteiger partial charge in [-0.2, -0.15) is 0 Å². The van der Waals surface area contributed by atoms with Crippen molar-refractivity contribution in [2.24, 2.45) is 0 Å². The third kappa shape index (κ3) is 4.24. The number of nitrogens with zero attached hydrogens (tertiary/aromatic N) is 1. The summed E-state index contributed by atoms with van der Waals surface area (Å²) < 4.78 is 10.9. The Kier molecular flexibility index (Phi) is 5.94. The second kappa shape index (κ2) is 8.18. The molecule has 26 heavy (non-hydrogen) atoms. The van der Waals surface area contributed by atoms with Crippen molar-refractivity contribution in [1.82, 2.24) is 4.90 Å². The van der Waals surface area contributed by atoms with Gasteiger partial charge in [0.05, 0.1) is 0 Å². The van der Waals surface area contributed by atoms with Crippen molar-refractivity contribution in [3.8, 4) is 0 Å². The molecule has 1 aromatic rings. The number of carbonyl (C=O) groups is 2. The number of aliphatic hydroxyl groups is 1. The van der Waals surface area contributed by atoms with Crippen LogP contribution >= 0.6 is 0 Å². The summed E-state index contributed by atoms with van der Waals surface area (Å²) >= 11 is 0. The van der Waals surface area contributed by atoms with Gasteiger partial charge in [-0.25, -0.2) is 4.79 Å². The standard InChI is InChI=1S/C20H27NO5/c1-13(22)19(23)25-12-18(14-6-4-3-5-7-14)20(24)26-17-10-15-8-9-16(11-17)21(15)2/h3-7,13,15-18,22H,8-12H2,1-2H3/t13?,15-,16+,17+,18?. The highest BCUT2D eigenvalue weighted by Gasteiger charge is 2.40. The van der Waals surface area contributed by atoms with E-state index < -0.39 is 18.0 Å². The van der Waals surface area contributed by atoms with Crippen molar-refractivity contribution >= 4 is 11.9 Å². The third-order valence-corrected chi connectivity index (χ3v) is 5.56. The number of ether oxygens (including phenoxy) is 2. The van der Waals surface area contributed by atoms with Crippen molar-refractivity contribution in [3.05, 3.63) is 35.9 Å². The Labute approximate surface area is 154 Å². The number of hydrogen-bond donors (Lipinski definition) is 1. The monoisotopic (exact) mass is 361 g/mol. The van der Waals surface area contributed by atoms with Crippen molar-refractivity contribution < 1.29 is 24.2 Å². The largest absolute Gasteiger partial charge is 0.463 e. The van der Waals surface area contributed by atoms with Crippen LogP contribution in [0.2, 0.25) is 0 Å². The van der Waals surface area contributed by atoms with Crippen LogP contribution in [0.4, 0.5) is 0 Å². The maximum absolute atomic E-state index is 12.8. The molecule has 5 atom stereocenters. The van der Waals surface area contributed by atoms with Crippen LogP contribution in [-0.4, -0.2) is 59.9 Å². The number of piperidine rings is 1. The smallest absolute Gasteiger partial charge is 0.334 e. The fourth-order valence-corrected chi connectivity index (χ4v) is 3.98. The van der Waals surface area contributed by atoms with Gasteiger partial charge >= 0.3 is 11.9 Å². The molecule has 2 heterocycles. The molecule has 1 aromatic carbocycles. The fraction of sp³-hybridized carbons (Fsp3) is 0.600. The van der Waals surface area contributed by atoms with Gasteiger partial charge in [0.15, 0.2) is 0 Å². The van der Waals surface area contributed by atoms with Gasteiger partial charge in [0, 0.05) is 12.1 Å². The SMILES string of the molecule is CC(O)C(=O)OCC(C(=O)O[C@H]1C[C@H]2CC[C@@H](C1)N2C)c1ccccc1. The highest BCUT2D eigenvalue weighted by atomic mass is 16.6. The lowest BCUT2D eigenvalue weighted by Gasteiger charge is -2.36. The molecule has 1 N–H and O–H groups in total. The molecule has 0 aromatic heterocycles. The molecular weight excluding hydrogens is 334 g/mol. The summed E-state index contributed by atoms with van der Waals surface area (Å²) in [4.78, 5) is 26.8. The van der Waals surface area contributed by atoms with Gasteiger partial charge in [-0.15, -0.1) is 0 Å². The first-order valence-corrected chi connectivity index (χ1v) is 9.27. The lowest BCUT2D eigenvalue weighted by molar-refractivity contribution is -0.160. The Morgan fingerprint density at radius 1 is 1.15 bits per heavy atom. The second-order valence-corrected chi connectivity index (χ2v) is 7.35. The Balaban J connectivity index is 1.66. The molecule has 0 spiro atoms. The predicted octanol–water partition coefficient (Wildman–Crippen LogP) is 1.86. The Bertz CT molecular complexity index is 618. The predicted molar refractivity (Wildman–Crippen MR) is 95.5 cm³/mol. The zero-order valence-electron chi connectivity index (χ0n) is 15.3. The number of hydrogen-bond acceptors (Lipinski definition) is 6. The molecule has 3 rings (SSSR count). The van der Waals surface area contributed by atoms with E-state index in [0.29, 0.717) is 12.1 Å². The number of carbonyl (C=O) groups excluding carboxylic acids is 2. The molecule has 0 amide bonds. The molecule has 2 aliphatic rings. The second-order valence-electron chi connectivity index (χ2n) is 7.35. The molecule has 142 valence electrons. The van der Waals surface area contributed by atoms with Gasteiger partial charge < -0.3 is 19.5 Å². The molecule has 6 heteroatoms. The van der Waals surface area contributed by atoms with Crippen LogP contribution in [0.5, 0.6) is 0 Å². The van der Waals surface area contributed by atoms with Gasteiger partial charge in [0.2, 0.25) is 0 Å². The highest BCUT2D eigenvalue weighted by Crippen LogP contribution is 2.36. The summed E-state index contributed by atoms with van der Waals surface area (Å²) in [7, 11) is 2.14. The number of benzene rings is 1. The highest BCUT2D eigenvalue weighted by molar-refractivity contribution is 5.79. The number of esters is 2. The van der Waals surface area contributed by atoms with E-state index in [-0.39, 0.29) is 18.7 Å². The van der Waals surface area contributed by atoms with Crippen molar-refractivity contribution in [1.29, 1.82) is 0 Å². The topological polar surface area (TPSA) is 76.1 Å². The van der Waals surface area contributed by atoms with Gasteiger partial charge in [0.25, 0.3) is 0 Å². The van der Waals surface area contributed by atoms with Crippen LogP contribution < -0.4 is 0 Å². The lowest BCUT2D eigenvalue weighted by atomic mass is 9.98. The molecule has 0 saturated carbocycles. The summed E-state index contributed by atoms with van der Waals surface area (Å²) in [5.74, 6) is -1.80. The average Bonchev–Trinajstić information content (AvgIpc) is 2.83.